The Balaban J connectivity index is 2.16. The predicted octanol–water partition coefficient (Wildman–Crippen LogP) is 3.35. The fourth-order valence-corrected chi connectivity index (χ4v) is 2.27. The molecule has 21 heavy (non-hydrogen) atoms. The molecule has 0 aliphatic heterocycles. The summed E-state index contributed by atoms with van der Waals surface area (Å²) in [7, 11) is 1.85. The van der Waals surface area contributed by atoms with E-state index in [4.69, 9.17) is 0 Å². The minimum Gasteiger partial charge on any atom is -0.327 e. The molecule has 2 aromatic carbocycles. The van der Waals surface area contributed by atoms with Crippen LogP contribution in [0.15, 0.2) is 54.6 Å². The Kier molecular flexibility index (Phi) is 3.23. The number of hydrogen-bond donors (Lipinski definition) is 0. The van der Waals surface area contributed by atoms with Crippen molar-refractivity contribution in [3.8, 4) is 0 Å². The number of nitro groups is 1. The number of fused-ring (bicyclic) bond motifs is 1. The van der Waals surface area contributed by atoms with Gasteiger partial charge in [-0.1, -0.05) is 30.3 Å². The molecule has 0 amide bonds. The van der Waals surface area contributed by atoms with Crippen molar-refractivity contribution in [2.24, 2.45) is 7.05 Å². The number of para-hydroxylation sites is 2. The van der Waals surface area contributed by atoms with Crippen molar-refractivity contribution in [1.29, 1.82) is 0 Å². The lowest BCUT2D eigenvalue weighted by atomic mass is 10.1. The summed E-state index contributed by atoms with van der Waals surface area (Å²) in [6.07, 6.45) is 1.51. The Morgan fingerprint density at radius 3 is 2.48 bits per heavy atom. The van der Waals surface area contributed by atoms with Gasteiger partial charge < -0.3 is 4.57 Å². The second kappa shape index (κ2) is 5.20. The van der Waals surface area contributed by atoms with Gasteiger partial charge in [0.1, 0.15) is 5.82 Å². The van der Waals surface area contributed by atoms with Crippen molar-refractivity contribution in [1.82, 2.24) is 9.55 Å². The fraction of sp³-hybridized carbons (Fsp3) is 0.0625. The van der Waals surface area contributed by atoms with E-state index in [2.05, 4.69) is 4.98 Å². The molecule has 0 saturated carbocycles. The van der Waals surface area contributed by atoms with E-state index in [1.807, 2.05) is 41.9 Å². The molecule has 0 unspecified atom stereocenters. The Morgan fingerprint density at radius 2 is 1.81 bits per heavy atom. The van der Waals surface area contributed by atoms with Gasteiger partial charge in [-0.05, 0) is 24.3 Å². The van der Waals surface area contributed by atoms with Crippen LogP contribution >= 0.6 is 0 Å². The summed E-state index contributed by atoms with van der Waals surface area (Å²) < 4.78 is 1.85. The predicted molar refractivity (Wildman–Crippen MR) is 82.0 cm³/mol. The Hall–Kier alpha value is -2.95. The van der Waals surface area contributed by atoms with Crippen LogP contribution in [0.2, 0.25) is 0 Å². The van der Waals surface area contributed by atoms with Crippen LogP contribution in [0.5, 0.6) is 0 Å². The molecule has 0 N–H and O–H groups in total. The summed E-state index contributed by atoms with van der Waals surface area (Å²) in [5, 5.41) is 11.3. The standard InChI is InChI=1S/C16H13N3O2/c1-18-14-10-6-5-9-13(14)17-16(18)11-15(19(20)21)12-7-3-2-4-8-12/h2-11H,1H3. The van der Waals surface area contributed by atoms with Crippen molar-refractivity contribution in [3.63, 3.8) is 0 Å². The third-order valence-electron chi connectivity index (χ3n) is 3.35. The molecule has 0 bridgehead atoms. The average molecular weight is 279 g/mol. The zero-order chi connectivity index (χ0) is 14.8. The normalized spacial score (nSPS) is 11.8. The van der Waals surface area contributed by atoms with Crippen LogP contribution in [-0.4, -0.2) is 14.5 Å². The van der Waals surface area contributed by atoms with Crippen LogP contribution in [0, 0.1) is 10.1 Å². The van der Waals surface area contributed by atoms with E-state index in [9.17, 15) is 10.1 Å². The maximum atomic E-state index is 11.3. The summed E-state index contributed by atoms with van der Waals surface area (Å²) in [4.78, 5) is 15.4. The second-order valence-electron chi connectivity index (χ2n) is 4.67. The van der Waals surface area contributed by atoms with E-state index in [0.29, 0.717) is 11.4 Å². The first-order chi connectivity index (χ1) is 10.2. The summed E-state index contributed by atoms with van der Waals surface area (Å²) in [5.74, 6) is 0.562. The molecule has 0 spiro atoms. The maximum Gasteiger partial charge on any atom is 0.280 e. The van der Waals surface area contributed by atoms with Crippen LogP contribution in [0.4, 0.5) is 0 Å². The Morgan fingerprint density at radius 1 is 1.14 bits per heavy atom. The molecule has 0 saturated heterocycles. The lowest BCUT2D eigenvalue weighted by Gasteiger charge is -2.00. The summed E-state index contributed by atoms with van der Waals surface area (Å²) >= 11 is 0. The van der Waals surface area contributed by atoms with E-state index in [1.54, 1.807) is 24.3 Å². The van der Waals surface area contributed by atoms with Crippen LogP contribution in [0.25, 0.3) is 22.8 Å². The molecule has 0 aliphatic rings. The molecule has 5 heteroatoms. The molecule has 104 valence electrons. The van der Waals surface area contributed by atoms with E-state index >= 15 is 0 Å². The first-order valence-corrected chi connectivity index (χ1v) is 6.50. The second-order valence-corrected chi connectivity index (χ2v) is 4.67. The Bertz CT molecular complexity index is 835. The molecule has 0 aliphatic carbocycles. The highest BCUT2D eigenvalue weighted by Gasteiger charge is 2.16. The molecule has 0 atom stereocenters. The molecule has 5 nitrogen and oxygen atoms in total. The third kappa shape index (κ3) is 2.41. The molecule has 0 fully saturated rings. The highest BCUT2D eigenvalue weighted by molar-refractivity contribution is 5.81. The number of aromatic nitrogens is 2. The quantitative estimate of drug-likeness (QED) is 0.545. The van der Waals surface area contributed by atoms with E-state index in [-0.39, 0.29) is 10.6 Å². The van der Waals surface area contributed by atoms with Crippen LogP contribution in [-0.2, 0) is 7.05 Å². The van der Waals surface area contributed by atoms with Gasteiger partial charge in [-0.15, -0.1) is 0 Å². The van der Waals surface area contributed by atoms with Gasteiger partial charge in [0.05, 0.1) is 27.6 Å². The number of nitrogens with zero attached hydrogens (tertiary/aromatic N) is 3. The molecule has 0 radical (unpaired) electrons. The van der Waals surface area contributed by atoms with E-state index in [0.717, 1.165) is 11.0 Å². The molecule has 3 aromatic rings. The zero-order valence-electron chi connectivity index (χ0n) is 11.4. The largest absolute Gasteiger partial charge is 0.327 e. The van der Waals surface area contributed by atoms with Gasteiger partial charge >= 0.3 is 0 Å². The third-order valence-corrected chi connectivity index (χ3v) is 3.35. The maximum absolute atomic E-state index is 11.3. The highest BCUT2D eigenvalue weighted by atomic mass is 16.6. The number of benzene rings is 2. The van der Waals surface area contributed by atoms with E-state index < -0.39 is 0 Å². The summed E-state index contributed by atoms with van der Waals surface area (Å²) in [6, 6.07) is 16.5. The number of imidazole rings is 1. The SMILES string of the molecule is Cn1c(C=C(c2ccccc2)[N+](=O)[O-])nc2ccccc21. The van der Waals surface area contributed by atoms with Gasteiger partial charge in [0.2, 0.25) is 0 Å². The molecule has 1 heterocycles. The van der Waals surface area contributed by atoms with Gasteiger partial charge in [-0.25, -0.2) is 4.98 Å². The zero-order valence-corrected chi connectivity index (χ0v) is 11.4. The van der Waals surface area contributed by atoms with Gasteiger partial charge in [-0.2, -0.15) is 0 Å². The topological polar surface area (TPSA) is 61.0 Å². The average Bonchev–Trinajstić information content (AvgIpc) is 2.82. The summed E-state index contributed by atoms with van der Waals surface area (Å²) in [5.41, 5.74) is 2.37. The number of hydrogen-bond acceptors (Lipinski definition) is 3. The molecule has 1 aromatic heterocycles. The van der Waals surface area contributed by atoms with Crippen molar-refractivity contribution in [2.75, 3.05) is 0 Å². The lowest BCUT2D eigenvalue weighted by molar-refractivity contribution is -0.374. The van der Waals surface area contributed by atoms with Crippen molar-refractivity contribution >= 4 is 22.8 Å². The van der Waals surface area contributed by atoms with Gasteiger partial charge in [-0.3, -0.25) is 10.1 Å². The first kappa shape index (κ1) is 13.1. The van der Waals surface area contributed by atoms with E-state index in [1.165, 1.54) is 6.08 Å². The van der Waals surface area contributed by atoms with Crippen molar-refractivity contribution < 1.29 is 4.92 Å². The highest BCUT2D eigenvalue weighted by Crippen LogP contribution is 2.21. The smallest absolute Gasteiger partial charge is 0.280 e. The van der Waals surface area contributed by atoms with Crippen LogP contribution in [0.1, 0.15) is 11.4 Å². The summed E-state index contributed by atoms with van der Waals surface area (Å²) in [6.45, 7) is 0. The number of aryl methyl sites for hydroxylation is 1. The fourth-order valence-electron chi connectivity index (χ4n) is 2.27. The van der Waals surface area contributed by atoms with Crippen molar-refractivity contribution in [3.05, 3.63) is 76.1 Å². The lowest BCUT2D eigenvalue weighted by Crippen LogP contribution is -2.00. The minimum absolute atomic E-state index is 0.0361. The Labute approximate surface area is 121 Å². The first-order valence-electron chi connectivity index (χ1n) is 6.50. The molecular weight excluding hydrogens is 266 g/mol. The van der Waals surface area contributed by atoms with Crippen LogP contribution in [0.3, 0.4) is 0 Å². The minimum atomic E-state index is -0.380. The monoisotopic (exact) mass is 279 g/mol. The van der Waals surface area contributed by atoms with Crippen molar-refractivity contribution in [2.45, 2.75) is 0 Å². The molecule has 3 rings (SSSR count). The van der Waals surface area contributed by atoms with Crippen LogP contribution < -0.4 is 0 Å². The van der Waals surface area contributed by atoms with Gasteiger partial charge in [0, 0.05) is 7.05 Å². The van der Waals surface area contributed by atoms with Gasteiger partial charge in [0.25, 0.3) is 5.70 Å². The molecular formula is C16H13N3O2. The number of rotatable bonds is 3. The van der Waals surface area contributed by atoms with Gasteiger partial charge in [0.15, 0.2) is 0 Å².